The van der Waals surface area contributed by atoms with E-state index in [9.17, 15) is 0 Å². The molecule has 14 heavy (non-hydrogen) atoms. The van der Waals surface area contributed by atoms with Crippen LogP contribution in [0.2, 0.25) is 0 Å². The van der Waals surface area contributed by atoms with Crippen LogP contribution >= 0.6 is 0 Å². The lowest BCUT2D eigenvalue weighted by molar-refractivity contribution is 0.611. The van der Waals surface area contributed by atoms with Gasteiger partial charge < -0.3 is 10.3 Å². The minimum absolute atomic E-state index is 0. The summed E-state index contributed by atoms with van der Waals surface area (Å²) in [5.74, 6) is 1.11. The van der Waals surface area contributed by atoms with Crippen LogP contribution in [0.5, 0.6) is 0 Å². The van der Waals surface area contributed by atoms with Gasteiger partial charge in [-0.15, -0.1) is 0 Å². The topological polar surface area (TPSA) is 40.7 Å². The quantitative estimate of drug-likeness (QED) is 0.730. The number of imidazole rings is 1. The summed E-state index contributed by atoms with van der Waals surface area (Å²) in [6.07, 6.45) is 2.48. The smallest absolute Gasteiger partial charge is 0.123 e. The van der Waals surface area contributed by atoms with Crippen molar-refractivity contribution in [3.8, 4) is 0 Å². The molecular weight excluding hydrogens is 174 g/mol. The normalized spacial score (nSPS) is 20.4. The number of nitrogens with one attached hydrogen (secondary N) is 2. The van der Waals surface area contributed by atoms with Crippen molar-refractivity contribution < 1.29 is 2.85 Å². The number of hydrogen-bond donors (Lipinski definition) is 2. The predicted molar refractivity (Wildman–Crippen MR) is 63.6 cm³/mol. The van der Waals surface area contributed by atoms with Gasteiger partial charge in [0.15, 0.2) is 0 Å². The van der Waals surface area contributed by atoms with E-state index in [0.717, 1.165) is 18.1 Å². The van der Waals surface area contributed by atoms with Gasteiger partial charge in [-0.2, -0.15) is 0 Å². The van der Waals surface area contributed by atoms with Crippen LogP contribution < -0.4 is 5.32 Å². The van der Waals surface area contributed by atoms with Crippen LogP contribution in [0.25, 0.3) is 0 Å². The van der Waals surface area contributed by atoms with Crippen molar-refractivity contribution in [1.82, 2.24) is 15.3 Å². The Morgan fingerprint density at radius 2 is 2.07 bits per heavy atom. The summed E-state index contributed by atoms with van der Waals surface area (Å²) < 4.78 is 0. The van der Waals surface area contributed by atoms with Gasteiger partial charge in [-0.3, -0.25) is 0 Å². The van der Waals surface area contributed by atoms with Crippen LogP contribution in [0, 0.1) is 13.8 Å². The van der Waals surface area contributed by atoms with Crippen LogP contribution in [-0.4, -0.2) is 16.5 Å². The molecule has 0 aliphatic carbocycles. The second kappa shape index (κ2) is 5.15. The Hall–Kier alpha value is -0.830. The largest absolute Gasteiger partial charge is 0.345 e. The highest BCUT2D eigenvalue weighted by molar-refractivity contribution is 5.13. The minimum Gasteiger partial charge on any atom is -0.345 e. The molecule has 0 radical (unpaired) electrons. The van der Waals surface area contributed by atoms with Crippen molar-refractivity contribution in [2.24, 2.45) is 0 Å². The fourth-order valence-electron chi connectivity index (χ4n) is 1.66. The first-order valence-corrected chi connectivity index (χ1v) is 5.54. The van der Waals surface area contributed by atoms with Crippen LogP contribution in [0.3, 0.4) is 0 Å². The first-order chi connectivity index (χ1) is 6.77. The third-order valence-electron chi connectivity index (χ3n) is 2.54. The number of rotatable bonds is 1. The molecule has 0 amide bonds. The molecule has 1 fully saturated rings. The molecule has 3 heteroatoms. The molecular formula is C11H25N3. The molecule has 1 aliphatic rings. The molecule has 2 rings (SSSR count). The highest BCUT2D eigenvalue weighted by Gasteiger charge is 2.19. The lowest BCUT2D eigenvalue weighted by Crippen LogP contribution is -2.14. The van der Waals surface area contributed by atoms with Crippen molar-refractivity contribution in [2.75, 3.05) is 6.54 Å². The summed E-state index contributed by atoms with van der Waals surface area (Å²) >= 11 is 0. The highest BCUT2D eigenvalue weighted by Crippen LogP contribution is 2.20. The number of aryl methyl sites for hydroxylation is 2. The van der Waals surface area contributed by atoms with Gasteiger partial charge in [0, 0.05) is 8.55 Å². The Morgan fingerprint density at radius 3 is 2.50 bits per heavy atom. The summed E-state index contributed by atoms with van der Waals surface area (Å²) in [5.41, 5.74) is 2.32. The Labute approximate surface area is 89.3 Å². The first-order valence-electron chi connectivity index (χ1n) is 5.54. The zero-order valence-electron chi connectivity index (χ0n) is 9.65. The molecule has 1 aromatic heterocycles. The molecule has 2 heterocycles. The zero-order chi connectivity index (χ0) is 10.6. The van der Waals surface area contributed by atoms with Crippen molar-refractivity contribution in [3.05, 3.63) is 17.2 Å². The molecule has 0 saturated carbocycles. The second-order valence-corrected chi connectivity index (χ2v) is 3.48. The van der Waals surface area contributed by atoms with E-state index in [1.54, 1.807) is 0 Å². The third-order valence-corrected chi connectivity index (χ3v) is 2.54. The van der Waals surface area contributed by atoms with Crippen molar-refractivity contribution >= 4 is 0 Å². The highest BCUT2D eigenvalue weighted by atomic mass is 15.0. The maximum Gasteiger partial charge on any atom is 0.123 e. The van der Waals surface area contributed by atoms with E-state index in [-0.39, 0.29) is 2.85 Å². The first kappa shape index (κ1) is 11.2. The Balaban J connectivity index is 0. The van der Waals surface area contributed by atoms with Crippen LogP contribution in [0.15, 0.2) is 0 Å². The monoisotopic (exact) mass is 199 g/mol. The van der Waals surface area contributed by atoms with Crippen LogP contribution in [0.1, 0.15) is 52.8 Å². The van der Waals surface area contributed by atoms with Crippen molar-refractivity contribution in [1.29, 1.82) is 0 Å². The molecule has 3 nitrogen and oxygen atoms in total. The summed E-state index contributed by atoms with van der Waals surface area (Å²) in [6, 6.07) is 0.470. The molecule has 0 aromatic carbocycles. The third kappa shape index (κ3) is 2.35. The predicted octanol–water partition coefficient (Wildman–Crippen LogP) is 2.97. The van der Waals surface area contributed by atoms with Gasteiger partial charge in [-0.25, -0.2) is 4.98 Å². The Bertz CT molecular complexity index is 261. The average Bonchev–Trinajstić information content (AvgIpc) is 2.80. The SMILES string of the molecule is CC.Cc1nc([C@@H]2CCCN2)[nH]c1C.[HH].[HH]. The van der Waals surface area contributed by atoms with E-state index >= 15 is 0 Å². The van der Waals surface area contributed by atoms with Gasteiger partial charge in [0.05, 0.1) is 11.7 Å². The Kier molecular flexibility index (Phi) is 4.14. The summed E-state index contributed by atoms with van der Waals surface area (Å²) in [6.45, 7) is 9.24. The molecule has 0 spiro atoms. The molecule has 1 aromatic rings. The molecule has 84 valence electrons. The standard InChI is InChI=1S/C9H15N3.C2H6.2H2/c1-6-7(2)12-9(11-6)8-4-3-5-10-8;1-2;;/h8,10H,3-5H2,1-2H3,(H,11,12);1-2H3;2*1H/t8-;;;/m0.../s1. The van der Waals surface area contributed by atoms with E-state index < -0.39 is 0 Å². The van der Waals surface area contributed by atoms with Gasteiger partial charge in [-0.05, 0) is 33.2 Å². The molecule has 2 N–H and O–H groups in total. The van der Waals surface area contributed by atoms with Gasteiger partial charge in [0.2, 0.25) is 0 Å². The minimum atomic E-state index is 0. The maximum atomic E-state index is 4.47. The van der Waals surface area contributed by atoms with E-state index in [1.807, 2.05) is 20.8 Å². The summed E-state index contributed by atoms with van der Waals surface area (Å²) in [7, 11) is 0. The van der Waals surface area contributed by atoms with Gasteiger partial charge in [-0.1, -0.05) is 13.8 Å². The number of aromatic nitrogens is 2. The second-order valence-electron chi connectivity index (χ2n) is 3.48. The van der Waals surface area contributed by atoms with Crippen LogP contribution in [-0.2, 0) is 0 Å². The molecule has 1 saturated heterocycles. The fraction of sp³-hybridized carbons (Fsp3) is 0.727. The lowest BCUT2D eigenvalue weighted by Gasteiger charge is -2.04. The van der Waals surface area contributed by atoms with Crippen molar-refractivity contribution in [2.45, 2.75) is 46.6 Å². The maximum absolute atomic E-state index is 4.47. The average molecular weight is 199 g/mol. The van der Waals surface area contributed by atoms with E-state index in [1.165, 1.54) is 18.5 Å². The van der Waals surface area contributed by atoms with Gasteiger partial charge >= 0.3 is 0 Å². The summed E-state index contributed by atoms with van der Waals surface area (Å²) in [5, 5.41) is 3.42. The molecule has 1 atom stereocenters. The molecule has 1 aliphatic heterocycles. The van der Waals surface area contributed by atoms with Gasteiger partial charge in [0.1, 0.15) is 5.82 Å². The zero-order valence-corrected chi connectivity index (χ0v) is 9.65. The number of aromatic amines is 1. The Morgan fingerprint density at radius 1 is 1.36 bits per heavy atom. The number of H-pyrrole nitrogens is 1. The lowest BCUT2D eigenvalue weighted by atomic mass is 10.2. The van der Waals surface area contributed by atoms with E-state index in [2.05, 4.69) is 22.2 Å². The number of nitrogens with zero attached hydrogens (tertiary/aromatic N) is 1. The van der Waals surface area contributed by atoms with Crippen LogP contribution in [0.4, 0.5) is 0 Å². The van der Waals surface area contributed by atoms with E-state index in [0.29, 0.717) is 6.04 Å². The van der Waals surface area contributed by atoms with Gasteiger partial charge in [0.25, 0.3) is 0 Å². The fourth-order valence-corrected chi connectivity index (χ4v) is 1.66. The molecule has 0 bridgehead atoms. The summed E-state index contributed by atoms with van der Waals surface area (Å²) in [4.78, 5) is 7.79. The van der Waals surface area contributed by atoms with Crippen molar-refractivity contribution in [3.63, 3.8) is 0 Å². The molecule has 0 unspecified atom stereocenters. The number of hydrogen-bond acceptors (Lipinski definition) is 2. The van der Waals surface area contributed by atoms with E-state index in [4.69, 9.17) is 0 Å².